The van der Waals surface area contributed by atoms with Crippen LogP contribution in [0.1, 0.15) is 50.5 Å². The molecule has 0 bridgehead atoms. The van der Waals surface area contributed by atoms with Gasteiger partial charge in [0.2, 0.25) is 0 Å². The molecule has 3 aliphatic rings. The lowest BCUT2D eigenvalue weighted by Crippen LogP contribution is -2.41. The van der Waals surface area contributed by atoms with Crippen molar-refractivity contribution < 1.29 is 18.3 Å². The Morgan fingerprint density at radius 1 is 0.963 bits per heavy atom. The highest BCUT2D eigenvalue weighted by atomic mass is 19.2. The molecular formula is C21H28F2N2O2. The van der Waals surface area contributed by atoms with E-state index in [1.807, 2.05) is 0 Å². The van der Waals surface area contributed by atoms with E-state index in [0.29, 0.717) is 12.6 Å². The van der Waals surface area contributed by atoms with E-state index in [1.54, 1.807) is 6.07 Å². The Kier molecular flexibility index (Phi) is 5.74. The Hall–Kier alpha value is -1.53. The summed E-state index contributed by atoms with van der Waals surface area (Å²) < 4.78 is 32.6. The zero-order valence-corrected chi connectivity index (χ0v) is 15.7. The summed E-state index contributed by atoms with van der Waals surface area (Å²) >= 11 is 0. The fourth-order valence-corrected chi connectivity index (χ4v) is 4.71. The van der Waals surface area contributed by atoms with Crippen molar-refractivity contribution in [3.8, 4) is 0 Å². The van der Waals surface area contributed by atoms with Crippen molar-refractivity contribution in [1.82, 2.24) is 9.80 Å². The fraction of sp³-hybridized carbons (Fsp3) is 0.667. The molecule has 0 aromatic heterocycles. The Labute approximate surface area is 159 Å². The smallest absolute Gasteiger partial charge is 0.252 e. The predicted molar refractivity (Wildman–Crippen MR) is 98.1 cm³/mol. The quantitative estimate of drug-likeness (QED) is 0.786. The molecule has 3 fully saturated rings. The summed E-state index contributed by atoms with van der Waals surface area (Å²) in [6.45, 7) is 3.14. The molecule has 1 aliphatic carbocycles. The second kappa shape index (κ2) is 8.23. The molecule has 0 spiro atoms. The van der Waals surface area contributed by atoms with Crippen LogP contribution in [0.25, 0.3) is 0 Å². The molecule has 2 heterocycles. The molecule has 1 atom stereocenters. The zero-order valence-electron chi connectivity index (χ0n) is 15.7. The number of hydrogen-bond donors (Lipinski definition) is 0. The van der Waals surface area contributed by atoms with Crippen LogP contribution in [0.2, 0.25) is 0 Å². The molecule has 4 nitrogen and oxygen atoms in total. The molecule has 1 aromatic rings. The van der Waals surface area contributed by atoms with E-state index in [2.05, 4.69) is 9.80 Å². The lowest BCUT2D eigenvalue weighted by atomic mass is 10.1. The first kappa shape index (κ1) is 18.8. The van der Waals surface area contributed by atoms with Crippen molar-refractivity contribution in [1.29, 1.82) is 0 Å². The van der Waals surface area contributed by atoms with Crippen LogP contribution < -0.4 is 0 Å². The van der Waals surface area contributed by atoms with E-state index < -0.39 is 11.6 Å². The van der Waals surface area contributed by atoms with E-state index in [9.17, 15) is 13.6 Å². The lowest BCUT2D eigenvalue weighted by molar-refractivity contribution is -0.143. The number of likely N-dealkylation sites (tertiary alicyclic amines) is 2. The molecule has 2 aliphatic heterocycles. The molecule has 1 amide bonds. The van der Waals surface area contributed by atoms with Gasteiger partial charge < -0.3 is 9.64 Å². The van der Waals surface area contributed by atoms with Crippen LogP contribution in [0.5, 0.6) is 0 Å². The van der Waals surface area contributed by atoms with E-state index in [1.165, 1.54) is 25.0 Å². The third-order valence-corrected chi connectivity index (χ3v) is 6.24. The third kappa shape index (κ3) is 4.32. The fourth-order valence-electron chi connectivity index (χ4n) is 4.71. The number of benzene rings is 1. The summed E-state index contributed by atoms with van der Waals surface area (Å²) in [5, 5.41) is 0. The first-order valence-corrected chi connectivity index (χ1v) is 10.2. The van der Waals surface area contributed by atoms with Gasteiger partial charge in [0.15, 0.2) is 11.6 Å². The standard InChI is InChI=1S/C21H28F2N2O2/c22-18-6-5-15(13-19(18)23)14-24-10-7-17(8-11-24)27-20-9-12-25(21(20)26)16-3-1-2-4-16/h5-6,13,16-17,20H,1-4,7-12,14H2. The second-order valence-corrected chi connectivity index (χ2v) is 8.11. The van der Waals surface area contributed by atoms with Crippen LogP contribution in [-0.2, 0) is 16.1 Å². The maximum Gasteiger partial charge on any atom is 0.252 e. The summed E-state index contributed by atoms with van der Waals surface area (Å²) in [4.78, 5) is 16.9. The molecule has 0 N–H and O–H groups in total. The molecule has 148 valence electrons. The largest absolute Gasteiger partial charge is 0.365 e. The SMILES string of the molecule is O=C1C(OC2CCN(Cc3ccc(F)c(F)c3)CC2)CCN1C1CCCC1. The van der Waals surface area contributed by atoms with Crippen molar-refractivity contribution in [3.63, 3.8) is 0 Å². The van der Waals surface area contributed by atoms with Crippen molar-refractivity contribution in [2.24, 2.45) is 0 Å². The highest BCUT2D eigenvalue weighted by Gasteiger charge is 2.39. The van der Waals surface area contributed by atoms with E-state index in [0.717, 1.165) is 57.3 Å². The predicted octanol–water partition coefficient (Wildman–Crippen LogP) is 3.49. The minimum Gasteiger partial charge on any atom is -0.365 e. The molecule has 27 heavy (non-hydrogen) atoms. The number of piperidine rings is 1. The highest BCUT2D eigenvalue weighted by Crippen LogP contribution is 2.29. The molecular weight excluding hydrogens is 350 g/mol. The number of nitrogens with zero attached hydrogens (tertiary/aromatic N) is 2. The summed E-state index contributed by atoms with van der Waals surface area (Å²) in [5.41, 5.74) is 0.784. The number of hydrogen-bond acceptors (Lipinski definition) is 3. The van der Waals surface area contributed by atoms with Crippen molar-refractivity contribution in [3.05, 3.63) is 35.4 Å². The number of carbonyl (C=O) groups is 1. The average molecular weight is 378 g/mol. The summed E-state index contributed by atoms with van der Waals surface area (Å²) in [6.07, 6.45) is 7.14. The van der Waals surface area contributed by atoms with E-state index in [4.69, 9.17) is 4.74 Å². The number of ether oxygens (including phenoxy) is 1. The van der Waals surface area contributed by atoms with Gasteiger partial charge in [-0.25, -0.2) is 8.78 Å². The van der Waals surface area contributed by atoms with Gasteiger partial charge in [0, 0.05) is 38.6 Å². The molecule has 1 aromatic carbocycles. The average Bonchev–Trinajstić information content (AvgIpc) is 3.30. The zero-order chi connectivity index (χ0) is 18.8. The van der Waals surface area contributed by atoms with Gasteiger partial charge in [-0.05, 0) is 43.4 Å². The third-order valence-electron chi connectivity index (χ3n) is 6.24. The van der Waals surface area contributed by atoms with Gasteiger partial charge in [-0.1, -0.05) is 18.9 Å². The van der Waals surface area contributed by atoms with Gasteiger partial charge >= 0.3 is 0 Å². The number of amides is 1. The normalized spacial score (nSPS) is 25.6. The minimum absolute atomic E-state index is 0.115. The van der Waals surface area contributed by atoms with Gasteiger partial charge in [-0.3, -0.25) is 9.69 Å². The summed E-state index contributed by atoms with van der Waals surface area (Å²) in [7, 11) is 0. The van der Waals surface area contributed by atoms with Crippen LogP contribution in [0.3, 0.4) is 0 Å². The minimum atomic E-state index is -0.807. The van der Waals surface area contributed by atoms with Crippen molar-refractivity contribution >= 4 is 5.91 Å². The number of halogens is 2. The first-order valence-electron chi connectivity index (χ1n) is 10.2. The molecule has 1 saturated carbocycles. The van der Waals surface area contributed by atoms with Gasteiger partial charge in [0.05, 0.1) is 6.10 Å². The van der Waals surface area contributed by atoms with Gasteiger partial charge in [-0.2, -0.15) is 0 Å². The highest BCUT2D eigenvalue weighted by molar-refractivity contribution is 5.83. The van der Waals surface area contributed by atoms with Crippen LogP contribution in [0, 0.1) is 11.6 Å². The monoisotopic (exact) mass is 378 g/mol. The topological polar surface area (TPSA) is 32.8 Å². The van der Waals surface area contributed by atoms with Crippen molar-refractivity contribution in [2.75, 3.05) is 19.6 Å². The Balaban J connectivity index is 1.23. The van der Waals surface area contributed by atoms with Crippen LogP contribution in [0.15, 0.2) is 18.2 Å². The second-order valence-electron chi connectivity index (χ2n) is 8.11. The number of carbonyl (C=O) groups excluding carboxylic acids is 1. The molecule has 4 rings (SSSR count). The van der Waals surface area contributed by atoms with Gasteiger partial charge in [0.1, 0.15) is 6.10 Å². The summed E-state index contributed by atoms with van der Waals surface area (Å²) in [6, 6.07) is 4.52. The number of rotatable bonds is 5. The van der Waals surface area contributed by atoms with Crippen LogP contribution >= 0.6 is 0 Å². The van der Waals surface area contributed by atoms with Gasteiger partial charge in [0.25, 0.3) is 5.91 Å². The lowest BCUT2D eigenvalue weighted by Gasteiger charge is -2.33. The maximum absolute atomic E-state index is 13.4. The van der Waals surface area contributed by atoms with E-state index in [-0.39, 0.29) is 18.1 Å². The Bertz CT molecular complexity index is 670. The molecule has 1 unspecified atom stereocenters. The van der Waals surface area contributed by atoms with Crippen molar-refractivity contribution in [2.45, 2.75) is 69.7 Å². The Morgan fingerprint density at radius 2 is 1.70 bits per heavy atom. The Morgan fingerprint density at radius 3 is 2.41 bits per heavy atom. The molecule has 2 saturated heterocycles. The first-order chi connectivity index (χ1) is 13.1. The van der Waals surface area contributed by atoms with Crippen LogP contribution in [0.4, 0.5) is 8.78 Å². The molecule has 6 heteroatoms. The molecule has 0 radical (unpaired) electrons. The summed E-state index contributed by atoms with van der Waals surface area (Å²) in [5.74, 6) is -1.41. The van der Waals surface area contributed by atoms with Gasteiger partial charge in [-0.15, -0.1) is 0 Å². The maximum atomic E-state index is 13.4. The van der Waals surface area contributed by atoms with Crippen LogP contribution in [-0.4, -0.2) is 53.6 Å². The van der Waals surface area contributed by atoms with E-state index >= 15 is 0 Å².